The molecule has 3 aromatic rings. The number of thiophene rings is 1. The Balaban J connectivity index is 1.20. The number of carboxylic acid groups (broad SMARTS) is 1. The Kier molecular flexibility index (Phi) is 7.99. The number of likely N-dealkylation sites (tertiary alicyclic amines) is 1. The summed E-state index contributed by atoms with van der Waals surface area (Å²) in [6.45, 7) is 1.48. The van der Waals surface area contributed by atoms with Crippen molar-refractivity contribution in [2.24, 2.45) is 0 Å². The molecular formula is C26H26N2O6S. The second-order valence-electron chi connectivity index (χ2n) is 8.17. The average Bonchev–Trinajstić information content (AvgIpc) is 3.38. The van der Waals surface area contributed by atoms with Crippen LogP contribution in [-0.2, 0) is 17.8 Å². The predicted octanol–water partition coefficient (Wildman–Crippen LogP) is 4.35. The minimum absolute atomic E-state index is 0.0215. The largest absolute Gasteiger partial charge is 0.490 e. The molecule has 0 bridgehead atoms. The van der Waals surface area contributed by atoms with E-state index in [0.29, 0.717) is 49.5 Å². The van der Waals surface area contributed by atoms with Gasteiger partial charge in [0.15, 0.2) is 0 Å². The Morgan fingerprint density at radius 1 is 0.971 bits per heavy atom. The third kappa shape index (κ3) is 7.07. The van der Waals surface area contributed by atoms with Gasteiger partial charge in [0.2, 0.25) is 0 Å². The van der Waals surface area contributed by atoms with Crippen LogP contribution in [0.1, 0.15) is 33.6 Å². The van der Waals surface area contributed by atoms with Gasteiger partial charge in [0.1, 0.15) is 17.6 Å². The van der Waals surface area contributed by atoms with E-state index in [1.165, 1.54) is 0 Å². The summed E-state index contributed by atoms with van der Waals surface area (Å²) in [5.41, 5.74) is 1.21. The van der Waals surface area contributed by atoms with Gasteiger partial charge in [0.25, 0.3) is 5.91 Å². The van der Waals surface area contributed by atoms with Crippen LogP contribution in [0.5, 0.6) is 11.5 Å². The first-order valence-electron chi connectivity index (χ1n) is 11.3. The molecule has 0 saturated carbocycles. The lowest BCUT2D eigenvalue weighted by Gasteiger charge is -2.31. The standard InChI is InChI=1S/C26H26N2O6S/c29-24(30)16-18-3-7-20(8-4-18)33-22-11-13-28(14-12-22)26(32)34-21-9-5-19(6-10-21)25(31)27-17-23-2-1-15-35-23/h1-10,15,22H,11-14,16-17H2,(H,27,31)(H,29,30). The molecule has 2 amide bonds. The molecule has 1 saturated heterocycles. The Bertz CT molecular complexity index is 1140. The molecule has 1 aliphatic heterocycles. The first-order valence-corrected chi connectivity index (χ1v) is 12.2. The monoisotopic (exact) mass is 494 g/mol. The van der Waals surface area contributed by atoms with Crippen LogP contribution in [0.4, 0.5) is 4.79 Å². The van der Waals surface area contributed by atoms with Gasteiger partial charge in [-0.05, 0) is 53.4 Å². The fourth-order valence-electron chi connectivity index (χ4n) is 3.73. The maximum Gasteiger partial charge on any atom is 0.415 e. The van der Waals surface area contributed by atoms with Gasteiger partial charge in [0.05, 0.1) is 13.0 Å². The fourth-order valence-corrected chi connectivity index (χ4v) is 4.38. The lowest BCUT2D eigenvalue weighted by Crippen LogP contribution is -2.43. The Morgan fingerprint density at radius 2 is 1.66 bits per heavy atom. The molecule has 1 fully saturated rings. The molecule has 8 nitrogen and oxygen atoms in total. The van der Waals surface area contributed by atoms with Gasteiger partial charge in [-0.25, -0.2) is 4.79 Å². The number of hydrogen-bond donors (Lipinski definition) is 2. The molecule has 0 spiro atoms. The van der Waals surface area contributed by atoms with Crippen LogP contribution < -0.4 is 14.8 Å². The number of hydrogen-bond acceptors (Lipinski definition) is 6. The minimum atomic E-state index is -0.871. The van der Waals surface area contributed by atoms with Crippen LogP contribution in [0.2, 0.25) is 0 Å². The van der Waals surface area contributed by atoms with Gasteiger partial charge in [-0.15, -0.1) is 11.3 Å². The van der Waals surface area contributed by atoms with E-state index in [-0.39, 0.29) is 18.4 Å². The fraction of sp³-hybridized carbons (Fsp3) is 0.269. The average molecular weight is 495 g/mol. The zero-order valence-corrected chi connectivity index (χ0v) is 19.8. The number of piperidine rings is 1. The van der Waals surface area contributed by atoms with Gasteiger partial charge in [-0.3, -0.25) is 9.59 Å². The maximum atomic E-state index is 12.5. The second-order valence-corrected chi connectivity index (χ2v) is 9.21. The van der Waals surface area contributed by atoms with Crippen molar-refractivity contribution >= 4 is 29.3 Å². The van der Waals surface area contributed by atoms with Crippen molar-refractivity contribution in [1.82, 2.24) is 10.2 Å². The van der Waals surface area contributed by atoms with E-state index in [9.17, 15) is 14.4 Å². The third-order valence-electron chi connectivity index (χ3n) is 5.61. The minimum Gasteiger partial charge on any atom is -0.490 e. The molecule has 2 aromatic carbocycles. The quantitative estimate of drug-likeness (QED) is 0.483. The summed E-state index contributed by atoms with van der Waals surface area (Å²) in [6.07, 6.45) is 0.837. The molecular weight excluding hydrogens is 468 g/mol. The van der Waals surface area contributed by atoms with Crippen molar-refractivity contribution in [3.63, 3.8) is 0 Å². The van der Waals surface area contributed by atoms with Crippen LogP contribution >= 0.6 is 11.3 Å². The van der Waals surface area contributed by atoms with Crippen molar-refractivity contribution in [1.29, 1.82) is 0 Å². The normalized spacial score (nSPS) is 13.8. The van der Waals surface area contributed by atoms with Gasteiger partial charge in [-0.1, -0.05) is 18.2 Å². The second kappa shape index (κ2) is 11.5. The van der Waals surface area contributed by atoms with Crippen LogP contribution in [0.3, 0.4) is 0 Å². The molecule has 2 heterocycles. The van der Waals surface area contributed by atoms with Crippen LogP contribution in [0.25, 0.3) is 0 Å². The van der Waals surface area contributed by atoms with E-state index in [2.05, 4.69) is 5.32 Å². The number of nitrogens with zero attached hydrogens (tertiary/aromatic N) is 1. The van der Waals surface area contributed by atoms with E-state index >= 15 is 0 Å². The molecule has 182 valence electrons. The van der Waals surface area contributed by atoms with Crippen LogP contribution in [0, 0.1) is 0 Å². The number of carbonyl (C=O) groups is 3. The summed E-state index contributed by atoms with van der Waals surface area (Å²) >= 11 is 1.58. The van der Waals surface area contributed by atoms with E-state index < -0.39 is 12.1 Å². The number of nitrogens with one attached hydrogen (secondary N) is 1. The predicted molar refractivity (Wildman–Crippen MR) is 131 cm³/mol. The zero-order chi connectivity index (χ0) is 24.6. The first-order chi connectivity index (χ1) is 17.0. The Morgan fingerprint density at radius 3 is 2.29 bits per heavy atom. The molecule has 0 radical (unpaired) electrons. The highest BCUT2D eigenvalue weighted by molar-refractivity contribution is 7.09. The molecule has 0 aliphatic carbocycles. The third-order valence-corrected chi connectivity index (χ3v) is 6.48. The SMILES string of the molecule is O=C(O)Cc1ccc(OC2CCN(C(=O)Oc3ccc(C(=O)NCc4cccs4)cc3)CC2)cc1. The Hall–Kier alpha value is -3.85. The number of ether oxygens (including phenoxy) is 2. The highest BCUT2D eigenvalue weighted by Crippen LogP contribution is 2.21. The highest BCUT2D eigenvalue weighted by Gasteiger charge is 2.25. The highest BCUT2D eigenvalue weighted by atomic mass is 32.1. The summed E-state index contributed by atoms with van der Waals surface area (Å²) in [4.78, 5) is 38.3. The molecule has 2 N–H and O–H groups in total. The summed E-state index contributed by atoms with van der Waals surface area (Å²) < 4.78 is 11.5. The van der Waals surface area contributed by atoms with E-state index in [1.54, 1.807) is 64.8 Å². The van der Waals surface area contributed by atoms with Crippen molar-refractivity contribution in [2.75, 3.05) is 13.1 Å². The Labute approximate surface area is 207 Å². The molecule has 1 aromatic heterocycles. The van der Waals surface area contributed by atoms with Crippen molar-refractivity contribution < 1.29 is 29.0 Å². The van der Waals surface area contributed by atoms with Gasteiger partial charge >= 0.3 is 12.1 Å². The maximum absolute atomic E-state index is 12.5. The van der Waals surface area contributed by atoms with Crippen molar-refractivity contribution in [2.45, 2.75) is 31.9 Å². The number of amides is 2. The van der Waals surface area contributed by atoms with Gasteiger partial charge in [0, 0.05) is 36.4 Å². The van der Waals surface area contributed by atoms with Crippen molar-refractivity contribution in [3.05, 3.63) is 82.0 Å². The topological polar surface area (TPSA) is 105 Å². The van der Waals surface area contributed by atoms with E-state index in [0.717, 1.165) is 10.4 Å². The molecule has 4 rings (SSSR count). The lowest BCUT2D eigenvalue weighted by molar-refractivity contribution is -0.136. The first kappa shape index (κ1) is 24.3. The van der Waals surface area contributed by atoms with Crippen LogP contribution in [-0.4, -0.2) is 47.2 Å². The lowest BCUT2D eigenvalue weighted by atomic mass is 10.1. The summed E-state index contributed by atoms with van der Waals surface area (Å²) in [5.74, 6) is 0.00313. The number of carbonyl (C=O) groups excluding carboxylic acids is 2. The summed E-state index contributed by atoms with van der Waals surface area (Å²) in [6, 6.07) is 17.4. The van der Waals surface area contributed by atoms with Gasteiger partial charge < -0.3 is 24.8 Å². The molecule has 35 heavy (non-hydrogen) atoms. The van der Waals surface area contributed by atoms with Crippen molar-refractivity contribution in [3.8, 4) is 11.5 Å². The van der Waals surface area contributed by atoms with Gasteiger partial charge in [-0.2, -0.15) is 0 Å². The number of benzene rings is 2. The summed E-state index contributed by atoms with van der Waals surface area (Å²) in [5, 5.41) is 13.7. The van der Waals surface area contributed by atoms with E-state index in [1.807, 2.05) is 17.5 Å². The molecule has 9 heteroatoms. The molecule has 0 atom stereocenters. The summed E-state index contributed by atoms with van der Waals surface area (Å²) in [7, 11) is 0. The zero-order valence-electron chi connectivity index (χ0n) is 19.0. The van der Waals surface area contributed by atoms with Crippen LogP contribution in [0.15, 0.2) is 66.0 Å². The number of carboxylic acids is 1. The number of rotatable bonds is 8. The van der Waals surface area contributed by atoms with E-state index in [4.69, 9.17) is 14.6 Å². The molecule has 0 unspecified atom stereocenters. The smallest absolute Gasteiger partial charge is 0.415 e. The number of aliphatic carboxylic acids is 1. The molecule has 1 aliphatic rings.